The third-order valence-electron chi connectivity index (χ3n) is 5.81. The lowest BCUT2D eigenvalue weighted by Crippen LogP contribution is -2.41. The number of hydrogen-bond donors (Lipinski definition) is 25. The van der Waals surface area contributed by atoms with Crippen LogP contribution in [-0.2, 0) is 0 Å². The zero-order valence-electron chi connectivity index (χ0n) is 26.9. The van der Waals surface area contributed by atoms with Gasteiger partial charge in [-0.25, -0.2) is 0 Å². The fraction of sp³-hybridized carbons (Fsp3) is 1.00. The van der Waals surface area contributed by atoms with Gasteiger partial charge in [0.25, 0.3) is 0 Å². The van der Waals surface area contributed by atoms with Crippen molar-refractivity contribution in [1.29, 1.82) is 0 Å². The number of hydrogen-bond acceptors (Lipinski definition) is 25. The van der Waals surface area contributed by atoms with Crippen LogP contribution in [0.25, 0.3) is 0 Å². The number of rotatable bonds is 20. The molecule has 25 nitrogen and oxygen atoms in total. The quantitative estimate of drug-likeness (QED) is 0.0547. The van der Waals surface area contributed by atoms with Crippen LogP contribution in [0.3, 0.4) is 0 Å². The van der Waals surface area contributed by atoms with Crippen molar-refractivity contribution in [1.82, 2.24) is 0 Å². The summed E-state index contributed by atoms with van der Waals surface area (Å²) in [5.41, 5.74) is 0. The molecule has 0 aliphatic heterocycles. The molecule has 0 aromatic carbocycles. The molecule has 0 saturated heterocycles. The lowest BCUT2D eigenvalue weighted by molar-refractivity contribution is -0.0900. The Balaban J connectivity index is -0.000000169. The maximum absolute atomic E-state index is 8.77. The van der Waals surface area contributed by atoms with Crippen molar-refractivity contribution in [3.05, 3.63) is 0 Å². The molecule has 0 aromatic heterocycles. The minimum atomic E-state index is -1.49. The van der Waals surface area contributed by atoms with E-state index in [0.29, 0.717) is 0 Å². The first-order valence-corrected chi connectivity index (χ1v) is 14.5. The van der Waals surface area contributed by atoms with Gasteiger partial charge in [-0.05, 0) is 0 Å². The molecule has 0 fully saturated rings. The monoisotopic (exact) mass is 760 g/mol. The highest BCUT2D eigenvalue weighted by molar-refractivity contribution is 4.75. The van der Waals surface area contributed by atoms with Crippen LogP contribution in [0.1, 0.15) is 0 Å². The van der Waals surface area contributed by atoms with Crippen molar-refractivity contribution < 1.29 is 128 Å². The molecule has 25 heteroatoms. The molecule has 50 heavy (non-hydrogen) atoms. The van der Waals surface area contributed by atoms with Gasteiger partial charge in [-0.15, -0.1) is 0 Å². The highest BCUT2D eigenvalue weighted by Gasteiger charge is 2.25. The summed E-state index contributed by atoms with van der Waals surface area (Å²) in [6, 6.07) is 0. The summed E-state index contributed by atoms with van der Waals surface area (Å²) < 4.78 is 0. The van der Waals surface area contributed by atoms with Gasteiger partial charge in [-0.2, -0.15) is 0 Å². The standard InChI is InChI=1S/5C5H12O5/c5*6-1-3(8)5(10)4(9)2-7/h5*3-10H,1-2H2/t5*3-,4+,5+. The first-order valence-electron chi connectivity index (χ1n) is 14.5. The molecule has 0 amide bonds. The van der Waals surface area contributed by atoms with E-state index < -0.39 is 158 Å². The fourth-order valence-electron chi connectivity index (χ4n) is 2.36. The van der Waals surface area contributed by atoms with Crippen molar-refractivity contribution in [3.63, 3.8) is 0 Å². The van der Waals surface area contributed by atoms with Gasteiger partial charge in [0, 0.05) is 0 Å². The van der Waals surface area contributed by atoms with Crippen LogP contribution < -0.4 is 0 Å². The van der Waals surface area contributed by atoms with Crippen molar-refractivity contribution in [2.45, 2.75) is 91.6 Å². The summed E-state index contributed by atoms with van der Waals surface area (Å²) in [6.07, 6.45) is -21.5. The Hall–Kier alpha value is -1.00. The van der Waals surface area contributed by atoms with Gasteiger partial charge in [-0.1, -0.05) is 0 Å². The van der Waals surface area contributed by atoms with Gasteiger partial charge in [-0.3, -0.25) is 0 Å². The first-order chi connectivity index (χ1) is 23.1. The van der Waals surface area contributed by atoms with E-state index in [4.69, 9.17) is 128 Å². The first kappa shape index (κ1) is 58.3. The smallest absolute Gasteiger partial charge is 0.110 e. The molecule has 0 rings (SSSR count). The van der Waals surface area contributed by atoms with E-state index in [1.165, 1.54) is 0 Å². The van der Waals surface area contributed by atoms with Crippen LogP contribution in [-0.4, -0.2) is 285 Å². The van der Waals surface area contributed by atoms with Crippen molar-refractivity contribution in [3.8, 4) is 0 Å². The average Bonchev–Trinajstić information content (AvgIpc) is 3.16. The molecule has 15 atom stereocenters. The van der Waals surface area contributed by atoms with E-state index in [1.54, 1.807) is 0 Å². The Morgan fingerprint density at radius 2 is 0.220 bits per heavy atom. The van der Waals surface area contributed by atoms with E-state index in [2.05, 4.69) is 0 Å². The Kier molecular flexibility index (Phi) is 42.4. The molecule has 0 aromatic rings. The summed E-state index contributed by atoms with van der Waals surface area (Å²) in [6.45, 7) is -6.41. The van der Waals surface area contributed by atoms with E-state index >= 15 is 0 Å². The molecular weight excluding hydrogens is 700 g/mol. The van der Waals surface area contributed by atoms with Gasteiger partial charge in [0.05, 0.1) is 66.1 Å². The van der Waals surface area contributed by atoms with Crippen LogP contribution in [0.2, 0.25) is 0 Å². The molecule has 0 saturated carbocycles. The van der Waals surface area contributed by atoms with Crippen LogP contribution in [0.15, 0.2) is 0 Å². The van der Waals surface area contributed by atoms with Gasteiger partial charge >= 0.3 is 0 Å². The van der Waals surface area contributed by atoms with Crippen LogP contribution in [0.5, 0.6) is 0 Å². The topological polar surface area (TPSA) is 506 Å². The summed E-state index contributed by atoms with van der Waals surface area (Å²) in [4.78, 5) is 0. The Morgan fingerprint density at radius 1 is 0.160 bits per heavy atom. The lowest BCUT2D eigenvalue weighted by atomic mass is 10.1. The second kappa shape index (κ2) is 36.4. The lowest BCUT2D eigenvalue weighted by Gasteiger charge is -2.19. The van der Waals surface area contributed by atoms with E-state index in [0.717, 1.165) is 0 Å². The second-order valence-electron chi connectivity index (χ2n) is 9.95. The van der Waals surface area contributed by atoms with Gasteiger partial charge in [0.2, 0.25) is 0 Å². The third-order valence-corrected chi connectivity index (χ3v) is 5.81. The molecule has 0 heterocycles. The minimum absolute atomic E-state index is 0.641. The molecule has 25 N–H and O–H groups in total. The van der Waals surface area contributed by atoms with Crippen LogP contribution in [0.4, 0.5) is 0 Å². The number of aliphatic hydroxyl groups is 25. The minimum Gasteiger partial charge on any atom is -0.394 e. The van der Waals surface area contributed by atoms with Crippen molar-refractivity contribution in [2.75, 3.05) is 66.1 Å². The van der Waals surface area contributed by atoms with Gasteiger partial charge in [0.1, 0.15) is 91.6 Å². The maximum Gasteiger partial charge on any atom is 0.110 e. The maximum atomic E-state index is 8.77. The zero-order valence-corrected chi connectivity index (χ0v) is 26.9. The molecular formula is C25H60O25. The van der Waals surface area contributed by atoms with Crippen LogP contribution >= 0.6 is 0 Å². The van der Waals surface area contributed by atoms with E-state index in [1.807, 2.05) is 0 Å². The Bertz CT molecular complexity index is 508. The SMILES string of the molecule is OC[C@@H](O)[C@H](O)[C@@H](O)CO.OC[C@@H](O)[C@H](O)[C@@H](O)CO.OC[C@@H](O)[C@H](O)[C@@H](O)CO.OC[C@@H](O)[C@H](O)[C@@H](O)CO.OC[C@@H](O)[C@H](O)[C@@H](O)CO. The summed E-state index contributed by atoms with van der Waals surface area (Å²) >= 11 is 0. The molecule has 0 radical (unpaired) electrons. The predicted molar refractivity (Wildman–Crippen MR) is 161 cm³/mol. The van der Waals surface area contributed by atoms with E-state index in [9.17, 15) is 0 Å². The van der Waals surface area contributed by atoms with E-state index in [-0.39, 0.29) is 0 Å². The summed E-state index contributed by atoms with van der Waals surface area (Å²) in [7, 11) is 0. The van der Waals surface area contributed by atoms with Crippen molar-refractivity contribution in [2.24, 2.45) is 0 Å². The zero-order chi connectivity index (χ0) is 40.7. The fourth-order valence-corrected chi connectivity index (χ4v) is 2.36. The average molecular weight is 761 g/mol. The Labute approximate surface area is 285 Å². The molecule has 0 bridgehead atoms. The third kappa shape index (κ3) is 28.6. The summed E-state index contributed by atoms with van der Waals surface area (Å²) in [5, 5.41) is 213. The molecule has 0 unspecified atom stereocenters. The second-order valence-corrected chi connectivity index (χ2v) is 9.95. The van der Waals surface area contributed by atoms with Gasteiger partial charge < -0.3 is 128 Å². The highest BCUT2D eigenvalue weighted by Crippen LogP contribution is 2.01. The molecule has 310 valence electrons. The molecule has 0 aliphatic carbocycles. The van der Waals surface area contributed by atoms with Gasteiger partial charge in [0.15, 0.2) is 0 Å². The normalized spacial score (nSPS) is 20.1. The van der Waals surface area contributed by atoms with Crippen molar-refractivity contribution >= 4 is 0 Å². The number of aliphatic hydroxyl groups excluding tert-OH is 25. The Morgan fingerprint density at radius 3 is 0.260 bits per heavy atom. The summed E-state index contributed by atoms with van der Waals surface area (Å²) in [5.74, 6) is 0. The molecule has 0 spiro atoms. The predicted octanol–water partition coefficient (Wildman–Crippen LogP) is -14.7. The largest absolute Gasteiger partial charge is 0.394 e. The molecule has 0 aliphatic rings. The highest BCUT2D eigenvalue weighted by atomic mass is 16.4. The van der Waals surface area contributed by atoms with Crippen LogP contribution in [0, 0.1) is 0 Å².